The Bertz CT molecular complexity index is 173. The minimum absolute atomic E-state index is 0.220. The fraction of sp³-hybridized carbons (Fsp3) is 0.875. The highest BCUT2D eigenvalue weighted by molar-refractivity contribution is 5.84. The van der Waals surface area contributed by atoms with Crippen molar-refractivity contribution >= 4 is 5.91 Å². The summed E-state index contributed by atoms with van der Waals surface area (Å²) in [6.45, 7) is 1.50. The Hall–Kier alpha value is -0.610. The molecular formula is C8H16N3O. The minimum atomic E-state index is -0.443. The normalized spacial score (nSPS) is 22.6. The number of likely N-dealkylation sites (N-methyl/N-ethyl adjacent to an activating group) is 1. The Balaban J connectivity index is 2.77. The second-order valence-electron chi connectivity index (χ2n) is 3.46. The Labute approximate surface area is 73.1 Å². The third-order valence-electron chi connectivity index (χ3n) is 2.68. The van der Waals surface area contributed by atoms with Crippen molar-refractivity contribution in [3.8, 4) is 0 Å². The SMILES string of the molecule is CN(C)C1(C(N)=O)CC[N]CC1. The molecule has 1 fully saturated rings. The zero-order valence-corrected chi connectivity index (χ0v) is 7.71. The molecule has 0 bridgehead atoms. The van der Waals surface area contributed by atoms with Crippen LogP contribution in [0.25, 0.3) is 0 Å². The van der Waals surface area contributed by atoms with Crippen molar-refractivity contribution in [3.63, 3.8) is 0 Å². The standard InChI is InChI=1S/C8H16N3O/c1-11(2)8(7(9)12)3-5-10-6-4-8/h3-6H2,1-2H3,(H2,9,12). The van der Waals surface area contributed by atoms with Crippen molar-refractivity contribution in [2.24, 2.45) is 5.73 Å². The van der Waals surface area contributed by atoms with Gasteiger partial charge >= 0.3 is 0 Å². The maximum Gasteiger partial charge on any atom is 0.238 e. The molecule has 1 saturated heterocycles. The van der Waals surface area contributed by atoms with Gasteiger partial charge in [-0.1, -0.05) is 0 Å². The molecule has 2 N–H and O–H groups in total. The van der Waals surface area contributed by atoms with Crippen molar-refractivity contribution in [3.05, 3.63) is 0 Å². The number of piperidine rings is 1. The van der Waals surface area contributed by atoms with Gasteiger partial charge < -0.3 is 5.73 Å². The molecule has 1 amide bonds. The molecule has 0 aromatic heterocycles. The Morgan fingerprint density at radius 3 is 2.17 bits per heavy atom. The summed E-state index contributed by atoms with van der Waals surface area (Å²) in [5.74, 6) is -0.220. The summed E-state index contributed by atoms with van der Waals surface area (Å²) in [4.78, 5) is 13.2. The number of amides is 1. The molecule has 0 spiro atoms. The van der Waals surface area contributed by atoms with Crippen molar-refractivity contribution in [1.29, 1.82) is 0 Å². The van der Waals surface area contributed by atoms with E-state index in [2.05, 4.69) is 5.32 Å². The summed E-state index contributed by atoms with van der Waals surface area (Å²) in [7, 11) is 3.80. The van der Waals surface area contributed by atoms with E-state index in [4.69, 9.17) is 5.73 Å². The van der Waals surface area contributed by atoms with E-state index < -0.39 is 5.54 Å². The highest BCUT2D eigenvalue weighted by atomic mass is 16.1. The molecule has 69 valence electrons. The molecule has 4 heteroatoms. The van der Waals surface area contributed by atoms with Gasteiger partial charge in [-0.05, 0) is 26.9 Å². The molecule has 1 radical (unpaired) electrons. The molecule has 1 heterocycles. The third-order valence-corrected chi connectivity index (χ3v) is 2.68. The third kappa shape index (κ3) is 1.44. The summed E-state index contributed by atoms with van der Waals surface area (Å²) >= 11 is 0. The predicted molar refractivity (Wildman–Crippen MR) is 46.7 cm³/mol. The number of carbonyl (C=O) groups is 1. The van der Waals surface area contributed by atoms with Crippen LogP contribution in [0.5, 0.6) is 0 Å². The first kappa shape index (κ1) is 9.48. The molecule has 12 heavy (non-hydrogen) atoms. The smallest absolute Gasteiger partial charge is 0.238 e. The fourth-order valence-electron chi connectivity index (χ4n) is 1.68. The lowest BCUT2D eigenvalue weighted by Gasteiger charge is -2.39. The topological polar surface area (TPSA) is 60.4 Å². The predicted octanol–water partition coefficient (Wildman–Crippen LogP) is -0.830. The van der Waals surface area contributed by atoms with Gasteiger partial charge in [0.1, 0.15) is 5.54 Å². The van der Waals surface area contributed by atoms with E-state index in [1.165, 1.54) is 0 Å². The average molecular weight is 170 g/mol. The molecule has 1 rings (SSSR count). The van der Waals surface area contributed by atoms with E-state index in [0.717, 1.165) is 25.9 Å². The van der Waals surface area contributed by atoms with E-state index in [1.807, 2.05) is 19.0 Å². The highest BCUT2D eigenvalue weighted by Gasteiger charge is 2.40. The summed E-state index contributed by atoms with van der Waals surface area (Å²) in [6.07, 6.45) is 1.52. The first-order chi connectivity index (χ1) is 5.59. The number of primary amides is 1. The average Bonchev–Trinajstić information content (AvgIpc) is 2.05. The van der Waals surface area contributed by atoms with Crippen molar-refractivity contribution in [2.45, 2.75) is 18.4 Å². The van der Waals surface area contributed by atoms with Gasteiger partial charge in [0.2, 0.25) is 5.91 Å². The molecule has 4 nitrogen and oxygen atoms in total. The first-order valence-electron chi connectivity index (χ1n) is 4.20. The minimum Gasteiger partial charge on any atom is -0.368 e. The number of carbonyl (C=O) groups excluding carboxylic acids is 1. The van der Waals surface area contributed by atoms with Crippen LogP contribution in [0.15, 0.2) is 0 Å². The van der Waals surface area contributed by atoms with Crippen LogP contribution in [0.3, 0.4) is 0 Å². The van der Waals surface area contributed by atoms with Crippen LogP contribution in [0.1, 0.15) is 12.8 Å². The number of hydrogen-bond donors (Lipinski definition) is 1. The van der Waals surface area contributed by atoms with Crippen LogP contribution < -0.4 is 11.1 Å². The summed E-state index contributed by atoms with van der Waals surface area (Å²) in [5.41, 5.74) is 4.94. The van der Waals surface area contributed by atoms with Gasteiger partial charge in [0.15, 0.2) is 0 Å². The molecule has 0 saturated carbocycles. The van der Waals surface area contributed by atoms with Gasteiger partial charge in [-0.3, -0.25) is 9.69 Å². The Morgan fingerprint density at radius 1 is 1.42 bits per heavy atom. The molecule has 0 unspecified atom stereocenters. The summed E-state index contributed by atoms with van der Waals surface area (Å²) < 4.78 is 0. The van der Waals surface area contributed by atoms with E-state index in [0.29, 0.717) is 0 Å². The summed E-state index contributed by atoms with van der Waals surface area (Å²) in [5, 5.41) is 4.20. The van der Waals surface area contributed by atoms with Crippen LogP contribution in [0.2, 0.25) is 0 Å². The second-order valence-corrected chi connectivity index (χ2v) is 3.46. The molecule has 1 aliphatic heterocycles. The highest BCUT2D eigenvalue weighted by Crippen LogP contribution is 2.23. The number of nitrogens with zero attached hydrogens (tertiary/aromatic N) is 2. The monoisotopic (exact) mass is 170 g/mol. The van der Waals surface area contributed by atoms with Gasteiger partial charge in [0.05, 0.1) is 0 Å². The zero-order chi connectivity index (χ0) is 9.19. The lowest BCUT2D eigenvalue weighted by Crippen LogP contribution is -2.58. The van der Waals surface area contributed by atoms with E-state index in [-0.39, 0.29) is 5.91 Å². The number of nitrogens with two attached hydrogens (primary N) is 1. The van der Waals surface area contributed by atoms with Gasteiger partial charge in [0.25, 0.3) is 0 Å². The molecule has 1 aliphatic rings. The van der Waals surface area contributed by atoms with Crippen molar-refractivity contribution in [2.75, 3.05) is 27.2 Å². The van der Waals surface area contributed by atoms with Crippen LogP contribution in [0.4, 0.5) is 0 Å². The van der Waals surface area contributed by atoms with E-state index >= 15 is 0 Å². The quantitative estimate of drug-likeness (QED) is 0.588. The molecular weight excluding hydrogens is 154 g/mol. The summed E-state index contributed by atoms with van der Waals surface area (Å²) in [6, 6.07) is 0. The van der Waals surface area contributed by atoms with E-state index in [9.17, 15) is 4.79 Å². The molecule has 0 aliphatic carbocycles. The maximum absolute atomic E-state index is 11.3. The van der Waals surface area contributed by atoms with Gasteiger partial charge in [-0.2, -0.15) is 0 Å². The Morgan fingerprint density at radius 2 is 1.92 bits per heavy atom. The lowest BCUT2D eigenvalue weighted by atomic mass is 9.86. The lowest BCUT2D eigenvalue weighted by molar-refractivity contribution is -0.130. The molecule has 0 atom stereocenters. The first-order valence-corrected chi connectivity index (χ1v) is 4.20. The van der Waals surface area contributed by atoms with Gasteiger partial charge in [-0.15, -0.1) is 0 Å². The van der Waals surface area contributed by atoms with Crippen molar-refractivity contribution < 1.29 is 4.79 Å². The number of rotatable bonds is 2. The van der Waals surface area contributed by atoms with Gasteiger partial charge in [-0.25, -0.2) is 5.32 Å². The zero-order valence-electron chi connectivity index (χ0n) is 7.71. The molecule has 0 aromatic rings. The van der Waals surface area contributed by atoms with Crippen LogP contribution in [-0.2, 0) is 4.79 Å². The Kier molecular flexibility index (Phi) is 2.69. The number of hydrogen-bond acceptors (Lipinski definition) is 2. The fourth-order valence-corrected chi connectivity index (χ4v) is 1.68. The van der Waals surface area contributed by atoms with Crippen molar-refractivity contribution in [1.82, 2.24) is 10.2 Å². The maximum atomic E-state index is 11.3. The van der Waals surface area contributed by atoms with Gasteiger partial charge in [0, 0.05) is 13.1 Å². The molecule has 0 aromatic carbocycles. The van der Waals surface area contributed by atoms with E-state index in [1.54, 1.807) is 0 Å². The van der Waals surface area contributed by atoms with Crippen LogP contribution >= 0.6 is 0 Å². The van der Waals surface area contributed by atoms with Crippen LogP contribution in [-0.4, -0.2) is 43.5 Å². The largest absolute Gasteiger partial charge is 0.368 e. The van der Waals surface area contributed by atoms with Crippen LogP contribution in [0, 0.1) is 0 Å². The second kappa shape index (κ2) is 3.41.